The van der Waals surface area contributed by atoms with E-state index in [-0.39, 0.29) is 27.8 Å². The average Bonchev–Trinajstić information content (AvgIpc) is 3.06. The Morgan fingerprint density at radius 1 is 1.13 bits per heavy atom. The summed E-state index contributed by atoms with van der Waals surface area (Å²) >= 11 is 11.9. The Kier molecular flexibility index (Phi) is 6.19. The van der Waals surface area contributed by atoms with E-state index in [1.54, 1.807) is 19.1 Å². The molecule has 2 N–H and O–H groups in total. The fraction of sp³-hybridized carbons (Fsp3) is 0.318. The number of nitrogens with two attached hydrogens (primary N) is 1. The van der Waals surface area contributed by atoms with Gasteiger partial charge < -0.3 is 9.47 Å². The van der Waals surface area contributed by atoms with Crippen LogP contribution in [0.3, 0.4) is 0 Å². The van der Waals surface area contributed by atoms with Crippen LogP contribution in [0.25, 0.3) is 5.57 Å². The van der Waals surface area contributed by atoms with Crippen molar-refractivity contribution in [2.75, 3.05) is 6.61 Å². The van der Waals surface area contributed by atoms with Gasteiger partial charge >= 0.3 is 12.1 Å². The van der Waals surface area contributed by atoms with Gasteiger partial charge in [0.05, 0.1) is 12.2 Å². The lowest BCUT2D eigenvalue weighted by Gasteiger charge is -2.30. The van der Waals surface area contributed by atoms with Crippen LogP contribution in [0.4, 0.5) is 13.2 Å². The largest absolute Gasteiger partial charge is 0.441 e. The standard InChI is InChI=1S/C22H20Cl2F3NO3/c1-12-6-13(4-5-18(12)19(29)31-20(2,3)28)14-10-21(30-11-14,22(25,26)27)15-7-16(23)9-17(24)8-15/h4-10H,11,28H2,1-3H3. The Hall–Kier alpha value is -2.06. The molecule has 0 radical (unpaired) electrons. The number of ether oxygens (including phenoxy) is 2. The third-order valence-corrected chi connectivity index (χ3v) is 5.15. The summed E-state index contributed by atoms with van der Waals surface area (Å²) in [6.07, 6.45) is -3.74. The van der Waals surface area contributed by atoms with Crippen molar-refractivity contribution in [3.8, 4) is 0 Å². The van der Waals surface area contributed by atoms with Gasteiger partial charge in [-0.3, -0.25) is 5.73 Å². The van der Waals surface area contributed by atoms with Gasteiger partial charge in [0.25, 0.3) is 0 Å². The van der Waals surface area contributed by atoms with E-state index in [0.29, 0.717) is 16.7 Å². The van der Waals surface area contributed by atoms with Crippen LogP contribution in [-0.4, -0.2) is 24.5 Å². The Morgan fingerprint density at radius 2 is 1.74 bits per heavy atom. The molecule has 1 aliphatic heterocycles. The molecule has 0 saturated carbocycles. The first kappa shape index (κ1) is 23.6. The molecule has 4 nitrogen and oxygen atoms in total. The first-order valence-electron chi connectivity index (χ1n) is 9.24. The molecule has 0 fully saturated rings. The van der Waals surface area contributed by atoms with Crippen molar-refractivity contribution < 1.29 is 27.4 Å². The Labute approximate surface area is 187 Å². The first-order chi connectivity index (χ1) is 14.2. The highest BCUT2D eigenvalue weighted by Crippen LogP contribution is 2.49. The number of hydrogen-bond donors (Lipinski definition) is 1. The Balaban J connectivity index is 2.02. The highest BCUT2D eigenvalue weighted by atomic mass is 35.5. The second kappa shape index (κ2) is 8.13. The smallest absolute Gasteiger partial charge is 0.425 e. The molecule has 31 heavy (non-hydrogen) atoms. The molecule has 1 heterocycles. The number of carbonyl (C=O) groups is 1. The maximum absolute atomic E-state index is 14.1. The minimum absolute atomic E-state index is 0.0677. The van der Waals surface area contributed by atoms with Gasteiger partial charge in [0.2, 0.25) is 5.60 Å². The number of hydrogen-bond acceptors (Lipinski definition) is 4. The zero-order chi connectivity index (χ0) is 23.2. The maximum Gasteiger partial charge on any atom is 0.425 e. The molecule has 1 atom stereocenters. The third kappa shape index (κ3) is 4.90. The molecule has 1 aliphatic rings. The third-order valence-electron chi connectivity index (χ3n) is 4.72. The summed E-state index contributed by atoms with van der Waals surface area (Å²) in [5.74, 6) is -0.619. The number of alkyl halides is 3. The highest BCUT2D eigenvalue weighted by Gasteiger charge is 2.58. The van der Waals surface area contributed by atoms with Crippen LogP contribution >= 0.6 is 23.2 Å². The minimum Gasteiger partial charge on any atom is -0.441 e. The lowest BCUT2D eigenvalue weighted by atomic mass is 9.90. The first-order valence-corrected chi connectivity index (χ1v) is 10.00. The Morgan fingerprint density at radius 3 is 2.26 bits per heavy atom. The summed E-state index contributed by atoms with van der Waals surface area (Å²) in [6, 6.07) is 8.34. The lowest BCUT2D eigenvalue weighted by Crippen LogP contribution is -2.41. The van der Waals surface area contributed by atoms with E-state index < -0.39 is 23.5 Å². The van der Waals surface area contributed by atoms with Gasteiger partial charge in [-0.2, -0.15) is 13.2 Å². The molecule has 0 aliphatic carbocycles. The fourth-order valence-corrected chi connectivity index (χ4v) is 3.86. The van der Waals surface area contributed by atoms with Gasteiger partial charge in [-0.25, -0.2) is 4.79 Å². The van der Waals surface area contributed by atoms with E-state index >= 15 is 0 Å². The van der Waals surface area contributed by atoms with Crippen molar-refractivity contribution in [3.05, 3.63) is 74.8 Å². The van der Waals surface area contributed by atoms with Crippen molar-refractivity contribution in [1.82, 2.24) is 0 Å². The van der Waals surface area contributed by atoms with Crippen LogP contribution in [-0.2, 0) is 15.1 Å². The van der Waals surface area contributed by atoms with Crippen molar-refractivity contribution in [2.24, 2.45) is 5.73 Å². The highest BCUT2D eigenvalue weighted by molar-refractivity contribution is 6.34. The fourth-order valence-electron chi connectivity index (χ4n) is 3.34. The molecule has 0 bridgehead atoms. The normalized spacial score (nSPS) is 19.3. The van der Waals surface area contributed by atoms with Gasteiger partial charge in [0.15, 0.2) is 5.72 Å². The van der Waals surface area contributed by atoms with E-state index in [0.717, 1.165) is 6.08 Å². The molecule has 2 aromatic rings. The van der Waals surface area contributed by atoms with Gasteiger partial charge in [0.1, 0.15) is 0 Å². The molecular weight excluding hydrogens is 454 g/mol. The molecule has 2 aromatic carbocycles. The summed E-state index contributed by atoms with van der Waals surface area (Å²) in [5.41, 5.74) is 3.25. The molecule has 9 heteroatoms. The summed E-state index contributed by atoms with van der Waals surface area (Å²) in [5, 5.41) is 0.135. The van der Waals surface area contributed by atoms with Gasteiger partial charge in [-0.1, -0.05) is 35.3 Å². The van der Waals surface area contributed by atoms with Crippen molar-refractivity contribution in [1.29, 1.82) is 0 Å². The zero-order valence-electron chi connectivity index (χ0n) is 16.9. The maximum atomic E-state index is 14.1. The van der Waals surface area contributed by atoms with E-state index in [1.807, 2.05) is 0 Å². The predicted octanol–water partition coefficient (Wildman–Crippen LogP) is 6.02. The van der Waals surface area contributed by atoms with Crippen molar-refractivity contribution >= 4 is 34.7 Å². The molecule has 3 rings (SSSR count). The zero-order valence-corrected chi connectivity index (χ0v) is 18.5. The van der Waals surface area contributed by atoms with E-state index in [2.05, 4.69) is 0 Å². The van der Waals surface area contributed by atoms with Crippen LogP contribution < -0.4 is 5.73 Å². The van der Waals surface area contributed by atoms with E-state index in [4.69, 9.17) is 38.4 Å². The number of carbonyl (C=O) groups excluding carboxylic acids is 1. The monoisotopic (exact) mass is 473 g/mol. The lowest BCUT2D eigenvalue weighted by molar-refractivity contribution is -0.254. The van der Waals surface area contributed by atoms with Gasteiger partial charge in [0, 0.05) is 10.0 Å². The van der Waals surface area contributed by atoms with Gasteiger partial charge in [-0.05, 0) is 73.4 Å². The number of halogens is 5. The van der Waals surface area contributed by atoms with Crippen LogP contribution in [0.2, 0.25) is 10.0 Å². The van der Waals surface area contributed by atoms with Gasteiger partial charge in [-0.15, -0.1) is 0 Å². The molecule has 0 spiro atoms. The quantitative estimate of drug-likeness (QED) is 0.435. The summed E-state index contributed by atoms with van der Waals surface area (Å²) in [4.78, 5) is 12.3. The molecule has 0 aromatic heterocycles. The van der Waals surface area contributed by atoms with Crippen LogP contribution in [0.5, 0.6) is 0 Å². The summed E-state index contributed by atoms with van der Waals surface area (Å²) in [7, 11) is 0. The molecular formula is C22H20Cl2F3NO3. The van der Waals surface area contributed by atoms with Crippen LogP contribution in [0.1, 0.15) is 40.9 Å². The molecule has 0 amide bonds. The second-order valence-corrected chi connectivity index (χ2v) is 8.75. The van der Waals surface area contributed by atoms with E-state index in [9.17, 15) is 18.0 Å². The number of esters is 1. The van der Waals surface area contributed by atoms with Crippen molar-refractivity contribution in [2.45, 2.75) is 38.3 Å². The molecule has 1 unspecified atom stereocenters. The summed E-state index contributed by atoms with van der Waals surface area (Å²) in [6.45, 7) is 4.44. The number of rotatable bonds is 4. The predicted molar refractivity (Wildman–Crippen MR) is 113 cm³/mol. The average molecular weight is 474 g/mol. The Bertz CT molecular complexity index is 1040. The summed E-state index contributed by atoms with van der Waals surface area (Å²) < 4.78 is 52.9. The molecule has 166 valence electrons. The number of benzene rings is 2. The van der Waals surface area contributed by atoms with Crippen LogP contribution in [0, 0.1) is 6.92 Å². The van der Waals surface area contributed by atoms with Crippen molar-refractivity contribution in [3.63, 3.8) is 0 Å². The second-order valence-electron chi connectivity index (χ2n) is 7.87. The molecule has 0 saturated heterocycles. The van der Waals surface area contributed by atoms with Crippen LogP contribution in [0.15, 0.2) is 42.5 Å². The minimum atomic E-state index is -4.76. The SMILES string of the molecule is Cc1cc(C2=CC(c3cc(Cl)cc(Cl)c3)(C(F)(F)F)OC2)ccc1C(=O)OC(C)(C)N. The number of aryl methyl sites for hydroxylation is 1. The topological polar surface area (TPSA) is 61.5 Å². The van der Waals surface area contributed by atoms with E-state index in [1.165, 1.54) is 38.1 Å².